The molecular weight excluding hydrogens is 372 g/mol. The van der Waals surface area contributed by atoms with Gasteiger partial charge in [0.05, 0.1) is 6.10 Å². The number of hydrogen-bond acceptors (Lipinski definition) is 5. The second-order valence-electron chi connectivity index (χ2n) is 8.46. The molecule has 0 aromatic heterocycles. The number of ether oxygens (including phenoxy) is 1. The zero-order valence-electron chi connectivity index (χ0n) is 16.8. The lowest BCUT2D eigenvalue weighted by Gasteiger charge is -2.49. The van der Waals surface area contributed by atoms with E-state index in [2.05, 4.69) is 45.0 Å². The molecule has 1 heterocycles. The molecule has 0 unspecified atom stereocenters. The highest BCUT2D eigenvalue weighted by Gasteiger charge is 2.55. The molecule has 5 atom stereocenters. The maximum absolute atomic E-state index is 10.7. The first-order valence-electron chi connectivity index (χ1n) is 9.67. The summed E-state index contributed by atoms with van der Waals surface area (Å²) in [6.07, 6.45) is -5.44. The zero-order valence-corrected chi connectivity index (χ0v) is 17.8. The lowest BCUT2D eigenvalue weighted by atomic mass is 10.0. The van der Waals surface area contributed by atoms with E-state index in [-0.39, 0.29) is 5.04 Å². The van der Waals surface area contributed by atoms with Crippen LogP contribution in [0.25, 0.3) is 0 Å². The number of benzene rings is 2. The Bertz CT molecular complexity index is 722. The molecule has 5 nitrogen and oxygen atoms in total. The lowest BCUT2D eigenvalue weighted by molar-refractivity contribution is -0.274. The fourth-order valence-electron chi connectivity index (χ4n) is 4.08. The van der Waals surface area contributed by atoms with Gasteiger partial charge in [0.1, 0.15) is 18.3 Å². The molecule has 0 spiro atoms. The van der Waals surface area contributed by atoms with Crippen molar-refractivity contribution >= 4 is 18.7 Å². The van der Waals surface area contributed by atoms with Gasteiger partial charge >= 0.3 is 0 Å². The standard InChI is InChI=1S/C22H30O5Si/c1-15-20(18(23)19(24)21(25)26-15)27-28(22(2,3)4,16-11-7-5-8-12-16)17-13-9-6-10-14-17/h5-15,18-21,23-25H,1-4H3/t15-,18-,19+,20-,21+/m0/s1. The summed E-state index contributed by atoms with van der Waals surface area (Å²) in [7, 11) is -2.90. The number of aliphatic hydroxyl groups is 3. The van der Waals surface area contributed by atoms with E-state index < -0.39 is 39.0 Å². The van der Waals surface area contributed by atoms with Gasteiger partial charge in [-0.15, -0.1) is 0 Å². The van der Waals surface area contributed by atoms with Gasteiger partial charge in [-0.3, -0.25) is 0 Å². The molecule has 1 aliphatic heterocycles. The Morgan fingerprint density at radius 2 is 1.29 bits per heavy atom. The summed E-state index contributed by atoms with van der Waals surface area (Å²) >= 11 is 0. The summed E-state index contributed by atoms with van der Waals surface area (Å²) in [5.41, 5.74) is 0. The second kappa shape index (κ2) is 8.06. The van der Waals surface area contributed by atoms with Crippen LogP contribution in [0, 0.1) is 0 Å². The zero-order chi connectivity index (χ0) is 20.5. The molecule has 2 aromatic carbocycles. The Morgan fingerprint density at radius 1 is 0.821 bits per heavy atom. The predicted molar refractivity (Wildman–Crippen MR) is 111 cm³/mol. The molecule has 3 N–H and O–H groups in total. The Labute approximate surface area is 167 Å². The van der Waals surface area contributed by atoms with Gasteiger partial charge in [-0.05, 0) is 22.3 Å². The highest BCUT2D eigenvalue weighted by Crippen LogP contribution is 2.39. The van der Waals surface area contributed by atoms with Crippen molar-refractivity contribution in [3.8, 4) is 0 Å². The van der Waals surface area contributed by atoms with Crippen molar-refractivity contribution in [1.82, 2.24) is 0 Å². The monoisotopic (exact) mass is 402 g/mol. The molecule has 28 heavy (non-hydrogen) atoms. The number of rotatable bonds is 4. The average molecular weight is 403 g/mol. The summed E-state index contributed by atoms with van der Waals surface area (Å²) in [5, 5.41) is 32.6. The van der Waals surface area contributed by atoms with Crippen LogP contribution in [0.2, 0.25) is 5.04 Å². The van der Waals surface area contributed by atoms with Crippen LogP contribution in [0.4, 0.5) is 0 Å². The van der Waals surface area contributed by atoms with Crippen molar-refractivity contribution in [3.05, 3.63) is 60.7 Å². The van der Waals surface area contributed by atoms with E-state index in [0.29, 0.717) is 0 Å². The van der Waals surface area contributed by atoms with Gasteiger partial charge in [0.25, 0.3) is 8.32 Å². The summed E-state index contributed by atoms with van der Waals surface area (Å²) in [6.45, 7) is 8.18. The van der Waals surface area contributed by atoms with Crippen molar-refractivity contribution in [1.29, 1.82) is 0 Å². The minimum Gasteiger partial charge on any atom is -0.399 e. The van der Waals surface area contributed by atoms with Gasteiger partial charge < -0.3 is 24.5 Å². The summed E-state index contributed by atoms with van der Waals surface area (Å²) in [5.74, 6) is 0. The molecule has 1 saturated heterocycles. The average Bonchev–Trinajstić information content (AvgIpc) is 2.67. The fourth-order valence-corrected chi connectivity index (χ4v) is 8.83. The van der Waals surface area contributed by atoms with E-state index in [1.165, 1.54) is 0 Å². The molecule has 152 valence electrons. The van der Waals surface area contributed by atoms with Crippen LogP contribution >= 0.6 is 0 Å². The predicted octanol–water partition coefficient (Wildman–Crippen LogP) is 1.39. The normalized spacial score (nSPS) is 28.9. The Kier molecular flexibility index (Phi) is 6.10. The van der Waals surface area contributed by atoms with Crippen molar-refractivity contribution in [2.75, 3.05) is 0 Å². The first-order valence-corrected chi connectivity index (χ1v) is 11.6. The molecule has 2 aromatic rings. The van der Waals surface area contributed by atoms with Gasteiger partial charge in [-0.1, -0.05) is 81.4 Å². The van der Waals surface area contributed by atoms with Crippen LogP contribution in [-0.4, -0.2) is 54.3 Å². The van der Waals surface area contributed by atoms with Crippen LogP contribution in [-0.2, 0) is 9.16 Å². The Balaban J connectivity index is 2.16. The first kappa shape index (κ1) is 21.2. The van der Waals surface area contributed by atoms with Crippen LogP contribution in [0.3, 0.4) is 0 Å². The van der Waals surface area contributed by atoms with E-state index in [1.807, 2.05) is 36.4 Å². The molecule has 0 aliphatic carbocycles. The van der Waals surface area contributed by atoms with Crippen molar-refractivity contribution < 1.29 is 24.5 Å². The molecule has 3 rings (SSSR count). The third kappa shape index (κ3) is 3.68. The smallest absolute Gasteiger partial charge is 0.261 e. The molecule has 0 amide bonds. The van der Waals surface area contributed by atoms with Gasteiger partial charge in [0, 0.05) is 0 Å². The molecule has 0 radical (unpaired) electrons. The van der Waals surface area contributed by atoms with Crippen LogP contribution < -0.4 is 10.4 Å². The van der Waals surface area contributed by atoms with E-state index in [9.17, 15) is 15.3 Å². The Morgan fingerprint density at radius 3 is 1.71 bits per heavy atom. The van der Waals surface area contributed by atoms with Crippen molar-refractivity contribution in [2.45, 2.75) is 63.4 Å². The van der Waals surface area contributed by atoms with Gasteiger partial charge in [-0.2, -0.15) is 0 Å². The SMILES string of the molecule is C[C@@H]1O[C@@H](O)[C@H](O)[C@H](O)[C@H]1O[Si](c1ccccc1)(c1ccccc1)C(C)(C)C. The topological polar surface area (TPSA) is 79.2 Å². The highest BCUT2D eigenvalue weighted by atomic mass is 28.4. The maximum atomic E-state index is 10.7. The summed E-state index contributed by atoms with van der Waals surface area (Å²) in [6, 6.07) is 20.2. The van der Waals surface area contributed by atoms with Gasteiger partial charge in [-0.25, -0.2) is 0 Å². The largest absolute Gasteiger partial charge is 0.399 e. The quantitative estimate of drug-likeness (QED) is 0.674. The summed E-state index contributed by atoms with van der Waals surface area (Å²) < 4.78 is 12.3. The van der Waals surface area contributed by atoms with E-state index in [1.54, 1.807) is 6.92 Å². The lowest BCUT2D eigenvalue weighted by Crippen LogP contribution is -2.71. The number of hydrogen-bond donors (Lipinski definition) is 3. The van der Waals surface area contributed by atoms with Gasteiger partial charge in [0.2, 0.25) is 0 Å². The second-order valence-corrected chi connectivity index (χ2v) is 12.7. The number of aliphatic hydroxyl groups excluding tert-OH is 3. The molecule has 6 heteroatoms. The van der Waals surface area contributed by atoms with Crippen LogP contribution in [0.15, 0.2) is 60.7 Å². The van der Waals surface area contributed by atoms with E-state index >= 15 is 0 Å². The van der Waals surface area contributed by atoms with E-state index in [0.717, 1.165) is 10.4 Å². The fraction of sp³-hybridized carbons (Fsp3) is 0.455. The van der Waals surface area contributed by atoms with Crippen molar-refractivity contribution in [3.63, 3.8) is 0 Å². The van der Waals surface area contributed by atoms with Crippen LogP contribution in [0.1, 0.15) is 27.7 Å². The molecular formula is C22H30O5Si. The minimum absolute atomic E-state index is 0.268. The first-order chi connectivity index (χ1) is 13.2. The van der Waals surface area contributed by atoms with Gasteiger partial charge in [0.15, 0.2) is 6.29 Å². The minimum atomic E-state index is -2.90. The van der Waals surface area contributed by atoms with Crippen LogP contribution in [0.5, 0.6) is 0 Å². The molecule has 0 saturated carbocycles. The molecule has 1 fully saturated rings. The van der Waals surface area contributed by atoms with E-state index in [4.69, 9.17) is 9.16 Å². The Hall–Kier alpha value is -1.54. The highest BCUT2D eigenvalue weighted by molar-refractivity contribution is 6.99. The maximum Gasteiger partial charge on any atom is 0.261 e. The summed E-state index contributed by atoms with van der Waals surface area (Å²) in [4.78, 5) is 0. The van der Waals surface area contributed by atoms with Crippen molar-refractivity contribution in [2.24, 2.45) is 0 Å². The third-order valence-corrected chi connectivity index (χ3v) is 10.6. The molecule has 0 bridgehead atoms. The third-order valence-electron chi connectivity index (χ3n) is 5.53. The molecule has 1 aliphatic rings.